The van der Waals surface area contributed by atoms with Gasteiger partial charge in [-0.25, -0.2) is 4.68 Å². The Morgan fingerprint density at radius 2 is 2.00 bits per heavy atom. The Kier molecular flexibility index (Phi) is 6.23. The SMILES string of the molecule is COc1ccccc1NC(=O)C(C#N)=Cc1c(C)nn(-c2cccc(Cl)c2)c1Cl. The average Bonchev–Trinajstić information content (AvgIpc) is 3.00. The van der Waals surface area contributed by atoms with Crippen LogP contribution >= 0.6 is 23.2 Å². The summed E-state index contributed by atoms with van der Waals surface area (Å²) in [4.78, 5) is 12.6. The number of nitrogens with zero attached hydrogens (tertiary/aromatic N) is 3. The van der Waals surface area contributed by atoms with Crippen molar-refractivity contribution in [2.75, 3.05) is 12.4 Å². The summed E-state index contributed by atoms with van der Waals surface area (Å²) in [6.45, 7) is 1.74. The minimum atomic E-state index is -0.581. The lowest BCUT2D eigenvalue weighted by molar-refractivity contribution is -0.112. The van der Waals surface area contributed by atoms with E-state index >= 15 is 0 Å². The molecule has 1 aromatic heterocycles. The van der Waals surface area contributed by atoms with Crippen molar-refractivity contribution in [1.82, 2.24) is 9.78 Å². The maximum Gasteiger partial charge on any atom is 0.266 e. The molecule has 2 aromatic carbocycles. The van der Waals surface area contributed by atoms with E-state index in [1.807, 2.05) is 6.07 Å². The minimum absolute atomic E-state index is 0.119. The molecule has 1 heterocycles. The van der Waals surface area contributed by atoms with Crippen molar-refractivity contribution >= 4 is 40.9 Å². The van der Waals surface area contributed by atoms with E-state index < -0.39 is 5.91 Å². The number of halogens is 2. The van der Waals surface area contributed by atoms with Gasteiger partial charge in [0.1, 0.15) is 22.5 Å². The van der Waals surface area contributed by atoms with Crippen LogP contribution in [0.1, 0.15) is 11.3 Å². The second kappa shape index (κ2) is 8.82. The fourth-order valence-electron chi connectivity index (χ4n) is 2.68. The molecule has 0 aliphatic carbocycles. The number of carbonyl (C=O) groups is 1. The fourth-order valence-corrected chi connectivity index (χ4v) is 3.20. The summed E-state index contributed by atoms with van der Waals surface area (Å²) in [5.41, 5.74) is 2.04. The Bertz CT molecular complexity index is 1150. The lowest BCUT2D eigenvalue weighted by atomic mass is 10.1. The van der Waals surface area contributed by atoms with Crippen molar-refractivity contribution in [2.24, 2.45) is 0 Å². The Morgan fingerprint density at radius 1 is 1.24 bits per heavy atom. The van der Waals surface area contributed by atoms with Crippen molar-refractivity contribution in [3.8, 4) is 17.5 Å². The van der Waals surface area contributed by atoms with Gasteiger partial charge in [0.25, 0.3) is 5.91 Å². The Hall–Kier alpha value is -3.27. The molecular formula is C21H16Cl2N4O2. The second-order valence-electron chi connectivity index (χ2n) is 6.01. The zero-order chi connectivity index (χ0) is 21.0. The van der Waals surface area contributed by atoms with Gasteiger partial charge in [-0.2, -0.15) is 10.4 Å². The first kappa shape index (κ1) is 20.5. The highest BCUT2D eigenvalue weighted by Gasteiger charge is 2.17. The molecule has 3 aromatic rings. The number of rotatable bonds is 5. The molecule has 0 spiro atoms. The molecule has 146 valence electrons. The van der Waals surface area contributed by atoms with Crippen molar-refractivity contribution in [3.05, 3.63) is 75.5 Å². The van der Waals surface area contributed by atoms with Crippen LogP contribution in [-0.4, -0.2) is 22.8 Å². The van der Waals surface area contributed by atoms with E-state index in [0.29, 0.717) is 33.4 Å². The number of nitrogens with one attached hydrogen (secondary N) is 1. The van der Waals surface area contributed by atoms with E-state index in [1.165, 1.54) is 17.9 Å². The molecule has 0 unspecified atom stereocenters. The van der Waals surface area contributed by atoms with Gasteiger partial charge in [-0.3, -0.25) is 4.79 Å². The van der Waals surface area contributed by atoms with Gasteiger partial charge >= 0.3 is 0 Å². The molecule has 0 saturated heterocycles. The van der Waals surface area contributed by atoms with Crippen LogP contribution in [0, 0.1) is 18.3 Å². The van der Waals surface area contributed by atoms with Crippen LogP contribution in [0.3, 0.4) is 0 Å². The summed E-state index contributed by atoms with van der Waals surface area (Å²) in [7, 11) is 1.50. The zero-order valence-corrected chi connectivity index (χ0v) is 17.1. The van der Waals surface area contributed by atoms with Gasteiger partial charge in [-0.15, -0.1) is 0 Å². The zero-order valence-electron chi connectivity index (χ0n) is 15.6. The maximum absolute atomic E-state index is 12.6. The van der Waals surface area contributed by atoms with Gasteiger partial charge in [0, 0.05) is 10.6 Å². The largest absolute Gasteiger partial charge is 0.495 e. The normalized spacial score (nSPS) is 11.1. The van der Waals surface area contributed by atoms with Crippen LogP contribution in [0.25, 0.3) is 11.8 Å². The molecule has 0 aliphatic heterocycles. The van der Waals surface area contributed by atoms with Crippen molar-refractivity contribution < 1.29 is 9.53 Å². The number of benzene rings is 2. The number of ether oxygens (including phenoxy) is 1. The third-order valence-electron chi connectivity index (χ3n) is 4.11. The molecule has 0 saturated carbocycles. The summed E-state index contributed by atoms with van der Waals surface area (Å²) in [6, 6.07) is 15.9. The number of carbonyl (C=O) groups excluding carboxylic acids is 1. The predicted octanol–water partition coefficient (Wildman–Crippen LogP) is 5.04. The number of amides is 1. The van der Waals surface area contributed by atoms with Crippen molar-refractivity contribution in [2.45, 2.75) is 6.92 Å². The molecule has 0 fully saturated rings. The van der Waals surface area contributed by atoms with E-state index in [9.17, 15) is 10.1 Å². The number of aryl methyl sites for hydroxylation is 1. The molecule has 0 radical (unpaired) electrons. The maximum atomic E-state index is 12.6. The molecule has 8 heteroatoms. The summed E-state index contributed by atoms with van der Waals surface area (Å²) >= 11 is 12.5. The van der Waals surface area contributed by atoms with E-state index in [-0.39, 0.29) is 10.7 Å². The van der Waals surface area contributed by atoms with E-state index in [2.05, 4.69) is 10.4 Å². The fraction of sp³-hybridized carbons (Fsp3) is 0.0952. The van der Waals surface area contributed by atoms with E-state index in [0.717, 1.165) is 0 Å². The number of hydrogen-bond acceptors (Lipinski definition) is 4. The number of nitriles is 1. The van der Waals surface area contributed by atoms with Crippen LogP contribution in [0.5, 0.6) is 5.75 Å². The van der Waals surface area contributed by atoms with Crippen LogP contribution in [0.4, 0.5) is 5.69 Å². The molecule has 1 N–H and O–H groups in total. The quantitative estimate of drug-likeness (QED) is 0.457. The number of anilines is 1. The first-order valence-electron chi connectivity index (χ1n) is 8.51. The lowest BCUT2D eigenvalue weighted by Gasteiger charge is -2.09. The summed E-state index contributed by atoms with van der Waals surface area (Å²) in [6.07, 6.45) is 1.41. The Balaban J connectivity index is 1.95. The average molecular weight is 427 g/mol. The van der Waals surface area contributed by atoms with Crippen LogP contribution in [0.15, 0.2) is 54.1 Å². The summed E-state index contributed by atoms with van der Waals surface area (Å²) in [5.74, 6) is -0.0934. The highest BCUT2D eigenvalue weighted by molar-refractivity contribution is 6.32. The lowest BCUT2D eigenvalue weighted by Crippen LogP contribution is -2.14. The monoisotopic (exact) mass is 426 g/mol. The molecule has 0 aliphatic rings. The van der Waals surface area contributed by atoms with E-state index in [4.69, 9.17) is 27.9 Å². The molecule has 0 bridgehead atoms. The molecule has 1 amide bonds. The van der Waals surface area contributed by atoms with Gasteiger partial charge in [0.05, 0.1) is 24.2 Å². The standard InChI is InChI=1S/C21H16Cl2N4O2/c1-13-17(20(23)27(26-13)16-7-5-6-15(22)11-16)10-14(12-24)21(28)25-18-8-3-4-9-19(18)29-2/h3-11H,1-2H3,(H,25,28). The second-order valence-corrected chi connectivity index (χ2v) is 6.80. The first-order valence-corrected chi connectivity index (χ1v) is 9.27. The molecule has 6 nitrogen and oxygen atoms in total. The molecule has 3 rings (SSSR count). The summed E-state index contributed by atoms with van der Waals surface area (Å²) in [5, 5.41) is 17.4. The third kappa shape index (κ3) is 4.43. The van der Waals surface area contributed by atoms with Gasteiger partial charge in [-0.05, 0) is 43.3 Å². The molecule has 0 atom stereocenters. The Labute approximate surface area is 177 Å². The molecule has 29 heavy (non-hydrogen) atoms. The minimum Gasteiger partial charge on any atom is -0.495 e. The smallest absolute Gasteiger partial charge is 0.266 e. The van der Waals surface area contributed by atoms with Crippen molar-refractivity contribution in [1.29, 1.82) is 5.26 Å². The van der Waals surface area contributed by atoms with Gasteiger partial charge in [-0.1, -0.05) is 41.4 Å². The molecular weight excluding hydrogens is 411 g/mol. The van der Waals surface area contributed by atoms with Crippen LogP contribution < -0.4 is 10.1 Å². The van der Waals surface area contributed by atoms with Gasteiger partial charge < -0.3 is 10.1 Å². The highest BCUT2D eigenvalue weighted by Crippen LogP contribution is 2.28. The number of aromatic nitrogens is 2. The van der Waals surface area contributed by atoms with Crippen LogP contribution in [0.2, 0.25) is 10.2 Å². The van der Waals surface area contributed by atoms with Gasteiger partial charge in [0.2, 0.25) is 0 Å². The van der Waals surface area contributed by atoms with E-state index in [1.54, 1.807) is 55.5 Å². The highest BCUT2D eigenvalue weighted by atomic mass is 35.5. The third-order valence-corrected chi connectivity index (χ3v) is 4.71. The topological polar surface area (TPSA) is 79.9 Å². The number of methoxy groups -OCH3 is 1. The summed E-state index contributed by atoms with van der Waals surface area (Å²) < 4.78 is 6.72. The van der Waals surface area contributed by atoms with Crippen molar-refractivity contribution in [3.63, 3.8) is 0 Å². The first-order chi connectivity index (χ1) is 13.9. The number of para-hydroxylation sites is 2. The predicted molar refractivity (Wildman–Crippen MR) is 114 cm³/mol. The number of hydrogen-bond donors (Lipinski definition) is 1. The van der Waals surface area contributed by atoms with Gasteiger partial charge in [0.15, 0.2) is 0 Å². The van der Waals surface area contributed by atoms with Crippen LogP contribution in [-0.2, 0) is 4.79 Å². The Morgan fingerprint density at radius 3 is 2.69 bits per heavy atom.